The third-order valence-electron chi connectivity index (χ3n) is 0.956. The summed E-state index contributed by atoms with van der Waals surface area (Å²) in [6.07, 6.45) is 0. The van der Waals surface area contributed by atoms with Crippen molar-refractivity contribution >= 4 is 11.9 Å². The largest absolute Gasteiger partial charge is 0.207 e. The lowest BCUT2D eigenvalue weighted by Crippen LogP contribution is -1.70. The van der Waals surface area contributed by atoms with Crippen LogP contribution in [0, 0.1) is 10.7 Å². The molecule has 0 N–H and O–H groups in total. The minimum Gasteiger partial charge on any atom is -0.207 e. The van der Waals surface area contributed by atoms with E-state index < -0.39 is 0 Å². The highest BCUT2D eigenvalue weighted by molar-refractivity contribution is 7.98. The van der Waals surface area contributed by atoms with E-state index in [4.69, 9.17) is 0 Å². The Labute approximate surface area is 61.6 Å². The van der Waals surface area contributed by atoms with Crippen LogP contribution in [0.15, 0.2) is 33.7 Å². The van der Waals surface area contributed by atoms with E-state index in [2.05, 4.69) is 4.58 Å². The van der Waals surface area contributed by atoms with E-state index in [1.54, 1.807) is 0 Å². The zero-order valence-corrected chi connectivity index (χ0v) is 5.77. The maximum Gasteiger partial charge on any atom is 0.123 e. The van der Waals surface area contributed by atoms with Crippen LogP contribution in [-0.4, -0.2) is 0 Å². The van der Waals surface area contributed by atoms with Gasteiger partial charge in [-0.2, -0.15) is 0 Å². The van der Waals surface area contributed by atoms with Gasteiger partial charge in [0.2, 0.25) is 0 Å². The first-order chi connectivity index (χ1) is 4.83. The van der Waals surface area contributed by atoms with Crippen molar-refractivity contribution in [3.63, 3.8) is 0 Å². The van der Waals surface area contributed by atoms with Crippen LogP contribution in [0.3, 0.4) is 0 Å². The second-order valence-electron chi connectivity index (χ2n) is 1.62. The Morgan fingerprint density at radius 1 is 1.30 bits per heavy atom. The summed E-state index contributed by atoms with van der Waals surface area (Å²) < 4.78 is 14.8. The summed E-state index contributed by atoms with van der Waals surface area (Å²) >= 11 is 0.787. The Morgan fingerprint density at radius 3 is 2.40 bits per heavy atom. The van der Waals surface area contributed by atoms with Crippen LogP contribution in [-0.2, 0) is 0 Å². The zero-order chi connectivity index (χ0) is 7.40. The monoisotopic (exact) mass is 157 g/mol. The molecule has 1 aromatic carbocycles. The second kappa shape index (κ2) is 3.31. The minimum atomic E-state index is -0.310. The highest BCUT2D eigenvalue weighted by atomic mass is 32.2. The van der Waals surface area contributed by atoms with Gasteiger partial charge < -0.3 is 0 Å². The lowest BCUT2D eigenvalue weighted by atomic mass is 10.4. The van der Waals surface area contributed by atoms with Gasteiger partial charge in [-0.25, -0.2) is 4.39 Å². The summed E-state index contributed by atoms with van der Waals surface area (Å²) in [6.45, 7) is 0. The number of halogens is 1. The van der Waals surface area contributed by atoms with Crippen molar-refractivity contribution in [1.29, 1.82) is 0 Å². The molecule has 2 nitrogen and oxygen atoms in total. The highest BCUT2D eigenvalue weighted by Gasteiger charge is 1.92. The van der Waals surface area contributed by atoms with Crippen LogP contribution in [0.25, 0.3) is 0 Å². The van der Waals surface area contributed by atoms with Crippen molar-refractivity contribution in [1.82, 2.24) is 0 Å². The maximum atomic E-state index is 12.2. The predicted molar refractivity (Wildman–Crippen MR) is 38.1 cm³/mol. The molecule has 0 bridgehead atoms. The van der Waals surface area contributed by atoms with Crippen molar-refractivity contribution in [2.24, 2.45) is 4.58 Å². The second-order valence-corrected chi connectivity index (χ2v) is 2.42. The van der Waals surface area contributed by atoms with E-state index in [0.717, 1.165) is 11.9 Å². The van der Waals surface area contributed by atoms with E-state index in [1.807, 2.05) is 0 Å². The third kappa shape index (κ3) is 1.80. The van der Waals surface area contributed by atoms with Gasteiger partial charge in [-0.1, -0.05) is 0 Å². The van der Waals surface area contributed by atoms with Crippen molar-refractivity contribution in [3.05, 3.63) is 35.0 Å². The first-order valence-corrected chi connectivity index (χ1v) is 3.35. The number of hydrogen-bond acceptors (Lipinski definition) is 3. The van der Waals surface area contributed by atoms with Gasteiger partial charge in [0.25, 0.3) is 0 Å². The van der Waals surface area contributed by atoms with Crippen molar-refractivity contribution in [2.45, 2.75) is 4.90 Å². The van der Waals surface area contributed by atoms with Crippen LogP contribution >= 0.6 is 11.9 Å². The van der Waals surface area contributed by atoms with Gasteiger partial charge in [0.15, 0.2) is 0 Å². The van der Waals surface area contributed by atoms with Gasteiger partial charge in [-0.05, 0) is 24.3 Å². The third-order valence-corrected chi connectivity index (χ3v) is 1.51. The Hall–Kier alpha value is -0.900. The quantitative estimate of drug-likeness (QED) is 0.487. The van der Waals surface area contributed by atoms with E-state index in [0.29, 0.717) is 4.90 Å². The van der Waals surface area contributed by atoms with E-state index in [9.17, 15) is 9.30 Å². The molecule has 4 heteroatoms. The van der Waals surface area contributed by atoms with Crippen molar-refractivity contribution < 1.29 is 4.39 Å². The first kappa shape index (κ1) is 7.21. The molecule has 0 atom stereocenters. The Kier molecular flexibility index (Phi) is 2.39. The molecule has 1 aromatic rings. The fourth-order valence-corrected chi connectivity index (χ4v) is 0.882. The molecule has 0 aromatic heterocycles. The number of nitrogens with zero attached hydrogens (tertiary/aromatic N) is 1. The summed E-state index contributed by atoms with van der Waals surface area (Å²) in [7, 11) is 0. The van der Waals surface area contributed by atoms with E-state index in [-0.39, 0.29) is 5.82 Å². The summed E-state index contributed by atoms with van der Waals surface area (Å²) in [5.74, 6) is -0.310. The predicted octanol–water partition coefficient (Wildman–Crippen LogP) is 2.60. The molecule has 0 spiro atoms. The molecular formula is C6H4FNOS. The lowest BCUT2D eigenvalue weighted by molar-refractivity contribution is 0.626. The Morgan fingerprint density at radius 2 is 1.90 bits per heavy atom. The summed E-state index contributed by atoms with van der Waals surface area (Å²) in [5.41, 5.74) is 0. The molecule has 0 aliphatic heterocycles. The van der Waals surface area contributed by atoms with Crippen molar-refractivity contribution in [3.8, 4) is 0 Å². The van der Waals surface area contributed by atoms with Crippen LogP contribution in [0.5, 0.6) is 0 Å². The number of nitroso groups, excluding NO2 is 1. The van der Waals surface area contributed by atoms with Crippen molar-refractivity contribution in [2.75, 3.05) is 0 Å². The van der Waals surface area contributed by atoms with Crippen LogP contribution in [0.2, 0.25) is 0 Å². The average Bonchev–Trinajstić information content (AvgIpc) is 1.95. The maximum absolute atomic E-state index is 12.2. The van der Waals surface area contributed by atoms with Crippen LogP contribution < -0.4 is 0 Å². The van der Waals surface area contributed by atoms with Crippen LogP contribution in [0.4, 0.5) is 4.39 Å². The average molecular weight is 157 g/mol. The smallest absolute Gasteiger partial charge is 0.123 e. The molecule has 0 aliphatic carbocycles. The molecule has 52 valence electrons. The molecule has 0 saturated heterocycles. The number of benzene rings is 1. The highest BCUT2D eigenvalue weighted by Crippen LogP contribution is 2.17. The zero-order valence-electron chi connectivity index (χ0n) is 4.95. The molecule has 0 saturated carbocycles. The van der Waals surface area contributed by atoms with Crippen LogP contribution in [0.1, 0.15) is 0 Å². The molecule has 0 heterocycles. The summed E-state index contributed by atoms with van der Waals surface area (Å²) in [6, 6.07) is 5.57. The van der Waals surface area contributed by atoms with Gasteiger partial charge in [-0.15, -0.1) is 4.91 Å². The lowest BCUT2D eigenvalue weighted by Gasteiger charge is -1.89. The molecule has 1 rings (SSSR count). The molecule has 0 radical (unpaired) electrons. The molecule has 0 aliphatic rings. The molecule has 10 heavy (non-hydrogen) atoms. The van der Waals surface area contributed by atoms with Gasteiger partial charge in [0, 0.05) is 9.48 Å². The molecule has 0 amide bonds. The summed E-state index contributed by atoms with van der Waals surface area (Å²) in [5, 5.41) is 0. The van der Waals surface area contributed by atoms with E-state index >= 15 is 0 Å². The standard InChI is InChI=1S/C6H4FNOS/c7-5-1-3-6(4-2-5)10-8-9/h1-4H. The molecule has 0 unspecified atom stereocenters. The van der Waals surface area contributed by atoms with Gasteiger partial charge >= 0.3 is 0 Å². The molecular weight excluding hydrogens is 153 g/mol. The van der Waals surface area contributed by atoms with Gasteiger partial charge in [0.1, 0.15) is 5.82 Å². The number of rotatable bonds is 2. The van der Waals surface area contributed by atoms with Gasteiger partial charge in [0.05, 0.1) is 11.9 Å². The fraction of sp³-hybridized carbons (Fsp3) is 0. The topological polar surface area (TPSA) is 29.4 Å². The fourth-order valence-electron chi connectivity index (χ4n) is 0.538. The Bertz CT molecular complexity index is 224. The Balaban J connectivity index is 2.78. The molecule has 0 fully saturated rings. The normalized spacial score (nSPS) is 9.30. The van der Waals surface area contributed by atoms with E-state index in [1.165, 1.54) is 24.3 Å². The first-order valence-electron chi connectivity index (χ1n) is 2.58. The number of hydrogen-bond donors (Lipinski definition) is 0. The SMILES string of the molecule is O=NSc1ccc(F)cc1. The minimum absolute atomic E-state index is 0.310. The summed E-state index contributed by atoms with van der Waals surface area (Å²) in [4.78, 5) is 10.3. The van der Waals surface area contributed by atoms with Gasteiger partial charge in [-0.3, -0.25) is 0 Å².